The molecule has 0 radical (unpaired) electrons. The van der Waals surface area contributed by atoms with Gasteiger partial charge >= 0.3 is 5.97 Å². The number of ketones is 1. The third-order valence-corrected chi connectivity index (χ3v) is 9.18. The van der Waals surface area contributed by atoms with Gasteiger partial charge in [0, 0.05) is 18.3 Å². The van der Waals surface area contributed by atoms with Crippen molar-refractivity contribution in [1.82, 2.24) is 0 Å². The Morgan fingerprint density at radius 2 is 1.96 bits per heavy atom. The van der Waals surface area contributed by atoms with Gasteiger partial charge in [0.15, 0.2) is 0 Å². The van der Waals surface area contributed by atoms with Gasteiger partial charge in [-0.1, -0.05) is 27.2 Å². The topological polar surface area (TPSA) is 63.6 Å². The van der Waals surface area contributed by atoms with Gasteiger partial charge in [0.1, 0.15) is 5.78 Å². The van der Waals surface area contributed by atoms with E-state index in [0.29, 0.717) is 30.6 Å². The Bertz CT molecular complexity index is 630. The van der Waals surface area contributed by atoms with Crippen LogP contribution in [0.4, 0.5) is 0 Å². The lowest BCUT2D eigenvalue weighted by Crippen LogP contribution is -2.64. The molecule has 0 aromatic carbocycles. The molecular weight excluding hydrogens is 328 g/mol. The molecule has 0 amide bonds. The summed E-state index contributed by atoms with van der Waals surface area (Å²) < 4.78 is 5.46. The zero-order valence-corrected chi connectivity index (χ0v) is 16.7. The second-order valence-electron chi connectivity index (χ2n) is 10.4. The maximum Gasteiger partial charge on any atom is 0.302 e. The normalized spacial score (nSPS) is 53.0. The maximum atomic E-state index is 13.3. The van der Waals surface area contributed by atoms with E-state index < -0.39 is 11.5 Å². The van der Waals surface area contributed by atoms with E-state index >= 15 is 0 Å². The van der Waals surface area contributed by atoms with Crippen molar-refractivity contribution < 1.29 is 19.4 Å². The lowest BCUT2D eigenvalue weighted by atomic mass is 9.40. The zero-order valence-electron chi connectivity index (χ0n) is 16.7. The quantitative estimate of drug-likeness (QED) is 0.760. The molecule has 4 aliphatic carbocycles. The molecule has 4 nitrogen and oxygen atoms in total. The number of esters is 1. The first-order valence-corrected chi connectivity index (χ1v) is 10.5. The Balaban J connectivity index is 1.72. The van der Waals surface area contributed by atoms with Gasteiger partial charge in [-0.25, -0.2) is 0 Å². The van der Waals surface area contributed by atoms with Crippen molar-refractivity contribution in [3.8, 4) is 0 Å². The Kier molecular flexibility index (Phi) is 4.12. The zero-order chi connectivity index (χ0) is 18.9. The molecule has 0 aliphatic heterocycles. The highest BCUT2D eigenvalue weighted by Gasteiger charge is 2.70. The van der Waals surface area contributed by atoms with E-state index in [1.54, 1.807) is 0 Å². The molecule has 4 saturated carbocycles. The molecule has 4 rings (SSSR count). The number of hydrogen-bond donors (Lipinski definition) is 1. The van der Waals surface area contributed by atoms with Gasteiger partial charge in [-0.05, 0) is 61.7 Å². The van der Waals surface area contributed by atoms with Crippen LogP contribution < -0.4 is 0 Å². The second kappa shape index (κ2) is 5.80. The molecule has 26 heavy (non-hydrogen) atoms. The first-order chi connectivity index (χ1) is 12.1. The fraction of sp³-hybridized carbons (Fsp3) is 0.909. The van der Waals surface area contributed by atoms with Crippen LogP contribution >= 0.6 is 0 Å². The SMILES string of the molecule is CC(=O)OCC1(C)CCCC2(C)C1CC(O)C13CC(CCC21)C(C)C3=O. The van der Waals surface area contributed by atoms with E-state index in [4.69, 9.17) is 4.74 Å². The van der Waals surface area contributed by atoms with Crippen molar-refractivity contribution in [1.29, 1.82) is 0 Å². The second-order valence-corrected chi connectivity index (χ2v) is 10.4. The summed E-state index contributed by atoms with van der Waals surface area (Å²) in [5.74, 6) is 1.25. The van der Waals surface area contributed by atoms with Gasteiger partial charge in [0.25, 0.3) is 0 Å². The third kappa shape index (κ3) is 2.23. The fourth-order valence-electron chi connectivity index (χ4n) is 7.97. The molecule has 2 bridgehead atoms. The highest BCUT2D eigenvalue weighted by atomic mass is 16.5. The molecule has 4 heteroatoms. The first-order valence-electron chi connectivity index (χ1n) is 10.5. The number of fused-ring (bicyclic) bond motifs is 3. The lowest BCUT2D eigenvalue weighted by Gasteiger charge is -2.64. The summed E-state index contributed by atoms with van der Waals surface area (Å²) in [6.45, 7) is 8.58. The largest absolute Gasteiger partial charge is 0.465 e. The number of carbonyl (C=O) groups excluding carboxylic acids is 2. The van der Waals surface area contributed by atoms with Crippen molar-refractivity contribution in [2.24, 2.45) is 39.9 Å². The summed E-state index contributed by atoms with van der Waals surface area (Å²) in [5.41, 5.74) is -0.560. The van der Waals surface area contributed by atoms with Crippen LogP contribution in [-0.4, -0.2) is 29.6 Å². The molecule has 0 aromatic heterocycles. The Labute approximate surface area is 157 Å². The van der Waals surface area contributed by atoms with Crippen LogP contribution in [0.5, 0.6) is 0 Å². The molecule has 0 saturated heterocycles. The first kappa shape index (κ1) is 18.5. The monoisotopic (exact) mass is 362 g/mol. The van der Waals surface area contributed by atoms with E-state index in [1.807, 2.05) is 0 Å². The molecule has 4 fully saturated rings. The minimum Gasteiger partial charge on any atom is -0.465 e. The number of aliphatic hydroxyl groups is 1. The molecule has 0 aromatic rings. The van der Waals surface area contributed by atoms with Crippen LogP contribution in [0.1, 0.15) is 72.6 Å². The molecule has 0 heterocycles. The molecular formula is C22H34O4. The summed E-state index contributed by atoms with van der Waals surface area (Å²) in [6, 6.07) is 0. The van der Waals surface area contributed by atoms with Crippen LogP contribution in [0.2, 0.25) is 0 Å². The van der Waals surface area contributed by atoms with E-state index in [1.165, 1.54) is 6.92 Å². The summed E-state index contributed by atoms with van der Waals surface area (Å²) in [5, 5.41) is 11.3. The smallest absolute Gasteiger partial charge is 0.302 e. The summed E-state index contributed by atoms with van der Waals surface area (Å²) in [4.78, 5) is 24.7. The number of ether oxygens (including phenoxy) is 1. The Morgan fingerprint density at radius 1 is 1.23 bits per heavy atom. The molecule has 8 atom stereocenters. The number of aliphatic hydroxyl groups excluding tert-OH is 1. The lowest BCUT2D eigenvalue weighted by molar-refractivity contribution is -0.207. The van der Waals surface area contributed by atoms with Crippen molar-refractivity contribution >= 4 is 11.8 Å². The summed E-state index contributed by atoms with van der Waals surface area (Å²) in [7, 11) is 0. The minimum atomic E-state index is -0.541. The highest BCUT2D eigenvalue weighted by molar-refractivity contribution is 5.91. The number of Topliss-reactive ketones (excluding diaryl/α,β-unsaturated/α-hetero) is 1. The predicted molar refractivity (Wildman–Crippen MR) is 98.2 cm³/mol. The van der Waals surface area contributed by atoms with Gasteiger partial charge in [0.2, 0.25) is 0 Å². The van der Waals surface area contributed by atoms with E-state index in [9.17, 15) is 14.7 Å². The Hall–Kier alpha value is -0.900. The molecule has 4 aliphatic rings. The molecule has 146 valence electrons. The van der Waals surface area contributed by atoms with Gasteiger partial charge in [-0.15, -0.1) is 0 Å². The molecule has 1 spiro atoms. The number of carbonyl (C=O) groups is 2. The maximum absolute atomic E-state index is 13.3. The molecule has 1 N–H and O–H groups in total. The van der Waals surface area contributed by atoms with Gasteiger partial charge in [0.05, 0.1) is 18.1 Å². The standard InChI is InChI=1S/C22H34O4/c1-13-15-6-7-16-21(4)9-5-8-20(3,12-26-14(2)23)17(21)10-18(24)22(16,11-15)19(13)25/h13,15-18,24H,5-12H2,1-4H3. The van der Waals surface area contributed by atoms with Crippen LogP contribution in [0.15, 0.2) is 0 Å². The van der Waals surface area contributed by atoms with Crippen LogP contribution in [0.3, 0.4) is 0 Å². The van der Waals surface area contributed by atoms with Gasteiger partial charge in [-0.2, -0.15) is 0 Å². The van der Waals surface area contributed by atoms with E-state index in [0.717, 1.165) is 38.5 Å². The van der Waals surface area contributed by atoms with Crippen LogP contribution in [0, 0.1) is 39.9 Å². The average Bonchev–Trinajstić information content (AvgIpc) is 2.77. The van der Waals surface area contributed by atoms with Crippen molar-refractivity contribution in [3.63, 3.8) is 0 Å². The van der Waals surface area contributed by atoms with Gasteiger partial charge in [-0.3, -0.25) is 9.59 Å². The third-order valence-electron chi connectivity index (χ3n) is 9.18. The predicted octanol–water partition coefficient (Wildman–Crippen LogP) is 3.75. The van der Waals surface area contributed by atoms with Crippen molar-refractivity contribution in [3.05, 3.63) is 0 Å². The highest BCUT2D eigenvalue weighted by Crippen LogP contribution is 2.71. The van der Waals surface area contributed by atoms with Crippen LogP contribution in [-0.2, 0) is 14.3 Å². The number of hydrogen-bond acceptors (Lipinski definition) is 4. The summed E-state index contributed by atoms with van der Waals surface area (Å²) in [6.07, 6.45) is 6.47. The van der Waals surface area contributed by atoms with Crippen molar-refractivity contribution in [2.45, 2.75) is 78.7 Å². The van der Waals surface area contributed by atoms with E-state index in [2.05, 4.69) is 20.8 Å². The number of rotatable bonds is 2. The Morgan fingerprint density at radius 3 is 2.65 bits per heavy atom. The van der Waals surface area contributed by atoms with E-state index in [-0.39, 0.29) is 28.6 Å². The fourth-order valence-corrected chi connectivity index (χ4v) is 7.97. The molecule has 8 unspecified atom stereocenters. The average molecular weight is 363 g/mol. The van der Waals surface area contributed by atoms with Crippen molar-refractivity contribution in [2.75, 3.05) is 6.61 Å². The van der Waals surface area contributed by atoms with Crippen LogP contribution in [0.25, 0.3) is 0 Å². The minimum absolute atomic E-state index is 0.0526. The van der Waals surface area contributed by atoms with Gasteiger partial charge < -0.3 is 9.84 Å². The summed E-state index contributed by atoms with van der Waals surface area (Å²) >= 11 is 0.